The molecule has 0 bridgehead atoms. The van der Waals surface area contributed by atoms with Gasteiger partial charge in [-0.2, -0.15) is 0 Å². The first-order valence-corrected chi connectivity index (χ1v) is 5.49. The number of nitrogens with one attached hydrogen (secondary N) is 1. The molecule has 2 aromatic rings. The number of hydrogen-bond acceptors (Lipinski definition) is 3. The van der Waals surface area contributed by atoms with E-state index in [1.165, 1.54) is 18.5 Å². The lowest BCUT2D eigenvalue weighted by atomic mass is 10.2. The molecule has 2 rings (SSSR count). The molecule has 6 heteroatoms. The Morgan fingerprint density at radius 1 is 1.33 bits per heavy atom. The molecule has 1 N–H and O–H groups in total. The summed E-state index contributed by atoms with van der Waals surface area (Å²) in [5.74, 6) is -0.796. The normalized spacial score (nSPS) is 10.2. The number of halogens is 2. The van der Waals surface area contributed by atoms with Gasteiger partial charge in [0.25, 0.3) is 5.91 Å². The minimum Gasteiger partial charge on any atom is -0.322 e. The molecule has 18 heavy (non-hydrogen) atoms. The van der Waals surface area contributed by atoms with Crippen molar-refractivity contribution in [2.24, 2.45) is 0 Å². The molecule has 4 nitrogen and oxygen atoms in total. The van der Waals surface area contributed by atoms with E-state index in [4.69, 9.17) is 11.6 Å². The molecule has 92 valence electrons. The molecule has 0 aliphatic heterocycles. The van der Waals surface area contributed by atoms with Crippen LogP contribution in [0.5, 0.6) is 0 Å². The quantitative estimate of drug-likeness (QED) is 0.850. The number of nitrogens with zero attached hydrogens (tertiary/aromatic N) is 2. The lowest BCUT2D eigenvalue weighted by molar-refractivity contribution is 0.102. The fourth-order valence-corrected chi connectivity index (χ4v) is 1.40. The average Bonchev–Trinajstić information content (AvgIpc) is 2.34. The zero-order valence-electron chi connectivity index (χ0n) is 9.45. The second kappa shape index (κ2) is 5.10. The number of hydrogen-bond donors (Lipinski definition) is 1. The zero-order chi connectivity index (χ0) is 13.1. The van der Waals surface area contributed by atoms with E-state index in [1.54, 1.807) is 19.1 Å². The largest absolute Gasteiger partial charge is 0.322 e. The van der Waals surface area contributed by atoms with Gasteiger partial charge < -0.3 is 5.32 Å². The van der Waals surface area contributed by atoms with Crippen LogP contribution < -0.4 is 5.32 Å². The predicted octanol–water partition coefficient (Wildman–Crippen LogP) is 2.83. The van der Waals surface area contributed by atoms with E-state index in [-0.39, 0.29) is 16.7 Å². The molecule has 0 saturated carbocycles. The number of carbonyl (C=O) groups excluding carboxylic acids is 1. The minimum absolute atomic E-state index is 0.0629. The highest BCUT2D eigenvalue weighted by Crippen LogP contribution is 2.14. The first-order chi connectivity index (χ1) is 8.56. The van der Waals surface area contributed by atoms with Gasteiger partial charge in [0.05, 0.1) is 5.56 Å². The van der Waals surface area contributed by atoms with Crippen LogP contribution >= 0.6 is 11.6 Å². The van der Waals surface area contributed by atoms with Crippen LogP contribution in [0.25, 0.3) is 0 Å². The van der Waals surface area contributed by atoms with Crippen molar-refractivity contribution in [3.8, 4) is 0 Å². The van der Waals surface area contributed by atoms with E-state index in [0.717, 1.165) is 0 Å². The Hall–Kier alpha value is -2.01. The maximum absolute atomic E-state index is 13.3. The van der Waals surface area contributed by atoms with Crippen LogP contribution in [0.4, 0.5) is 10.1 Å². The Labute approximate surface area is 108 Å². The third-order valence-corrected chi connectivity index (χ3v) is 2.51. The summed E-state index contributed by atoms with van der Waals surface area (Å²) in [4.78, 5) is 19.2. The number of aromatic nitrogens is 2. The van der Waals surface area contributed by atoms with Gasteiger partial charge in [0.2, 0.25) is 5.28 Å². The number of benzene rings is 1. The number of amides is 1. The highest BCUT2D eigenvalue weighted by Gasteiger charge is 2.08. The summed E-state index contributed by atoms with van der Waals surface area (Å²) in [6, 6.07) is 4.46. The van der Waals surface area contributed by atoms with Crippen molar-refractivity contribution in [1.29, 1.82) is 0 Å². The molecular formula is C12H9ClFN3O. The summed E-state index contributed by atoms with van der Waals surface area (Å²) < 4.78 is 13.3. The van der Waals surface area contributed by atoms with Crippen LogP contribution in [0, 0.1) is 12.7 Å². The molecule has 0 aliphatic rings. The van der Waals surface area contributed by atoms with Crippen molar-refractivity contribution >= 4 is 23.2 Å². The molecule has 0 atom stereocenters. The fraction of sp³-hybridized carbons (Fsp3) is 0.0833. The second-order valence-corrected chi connectivity index (χ2v) is 4.00. The summed E-state index contributed by atoms with van der Waals surface area (Å²) in [7, 11) is 0. The van der Waals surface area contributed by atoms with Crippen molar-refractivity contribution in [2.45, 2.75) is 6.92 Å². The van der Waals surface area contributed by atoms with Crippen molar-refractivity contribution < 1.29 is 9.18 Å². The van der Waals surface area contributed by atoms with Crippen molar-refractivity contribution in [2.75, 3.05) is 5.32 Å². The van der Waals surface area contributed by atoms with Crippen LogP contribution in [-0.2, 0) is 0 Å². The van der Waals surface area contributed by atoms with Gasteiger partial charge in [-0.3, -0.25) is 4.79 Å². The smallest absolute Gasteiger partial charge is 0.258 e. The SMILES string of the molecule is Cc1ccc(NC(=O)c2cnc(Cl)nc2)cc1F. The summed E-state index contributed by atoms with van der Waals surface area (Å²) in [5, 5.41) is 2.61. The number of carbonyl (C=O) groups is 1. The predicted molar refractivity (Wildman–Crippen MR) is 66.1 cm³/mol. The minimum atomic E-state index is -0.421. The topological polar surface area (TPSA) is 54.9 Å². The van der Waals surface area contributed by atoms with Crippen LogP contribution in [0.3, 0.4) is 0 Å². The number of aryl methyl sites for hydroxylation is 1. The standard InChI is InChI=1S/C12H9ClFN3O/c1-7-2-3-9(4-10(7)14)17-11(18)8-5-15-12(13)16-6-8/h2-6H,1H3,(H,17,18). The fourth-order valence-electron chi connectivity index (χ4n) is 1.30. The second-order valence-electron chi connectivity index (χ2n) is 3.66. The molecular weight excluding hydrogens is 257 g/mol. The van der Waals surface area contributed by atoms with Gasteiger partial charge in [-0.25, -0.2) is 14.4 Å². The molecule has 0 unspecified atom stereocenters. The van der Waals surface area contributed by atoms with E-state index in [0.29, 0.717) is 11.3 Å². The lowest BCUT2D eigenvalue weighted by Gasteiger charge is -2.05. The van der Waals surface area contributed by atoms with E-state index >= 15 is 0 Å². The van der Waals surface area contributed by atoms with E-state index < -0.39 is 5.91 Å². The summed E-state index contributed by atoms with van der Waals surface area (Å²) in [5.41, 5.74) is 1.14. The van der Waals surface area contributed by atoms with Crippen LogP contribution in [0.1, 0.15) is 15.9 Å². The highest BCUT2D eigenvalue weighted by atomic mass is 35.5. The van der Waals surface area contributed by atoms with Gasteiger partial charge in [-0.15, -0.1) is 0 Å². The van der Waals surface area contributed by atoms with E-state index in [9.17, 15) is 9.18 Å². The molecule has 0 spiro atoms. The Morgan fingerprint density at radius 3 is 2.61 bits per heavy atom. The average molecular weight is 266 g/mol. The van der Waals surface area contributed by atoms with Crippen molar-refractivity contribution in [1.82, 2.24) is 9.97 Å². The Bertz CT molecular complexity index is 586. The van der Waals surface area contributed by atoms with Gasteiger partial charge in [0.1, 0.15) is 5.82 Å². The van der Waals surface area contributed by atoms with Gasteiger partial charge in [-0.05, 0) is 36.2 Å². The zero-order valence-corrected chi connectivity index (χ0v) is 10.2. The molecule has 1 heterocycles. The van der Waals surface area contributed by atoms with Gasteiger partial charge in [-0.1, -0.05) is 6.07 Å². The lowest BCUT2D eigenvalue weighted by Crippen LogP contribution is -2.12. The molecule has 1 aromatic heterocycles. The maximum atomic E-state index is 13.3. The highest BCUT2D eigenvalue weighted by molar-refractivity contribution is 6.28. The molecule has 1 amide bonds. The van der Waals surface area contributed by atoms with E-state index in [2.05, 4.69) is 15.3 Å². The summed E-state index contributed by atoms with van der Waals surface area (Å²) in [6.45, 7) is 1.65. The number of rotatable bonds is 2. The van der Waals surface area contributed by atoms with Gasteiger partial charge >= 0.3 is 0 Å². The first kappa shape index (κ1) is 12.4. The van der Waals surface area contributed by atoms with Crippen LogP contribution in [0.15, 0.2) is 30.6 Å². The molecule has 0 saturated heterocycles. The van der Waals surface area contributed by atoms with Gasteiger partial charge in [0, 0.05) is 18.1 Å². The summed E-state index contributed by atoms with van der Waals surface area (Å²) >= 11 is 5.51. The van der Waals surface area contributed by atoms with Crippen molar-refractivity contribution in [3.63, 3.8) is 0 Å². The number of anilines is 1. The molecule has 0 fully saturated rings. The Balaban J connectivity index is 2.16. The molecule has 0 radical (unpaired) electrons. The Morgan fingerprint density at radius 2 is 2.00 bits per heavy atom. The van der Waals surface area contributed by atoms with Crippen LogP contribution in [0.2, 0.25) is 5.28 Å². The van der Waals surface area contributed by atoms with Crippen LogP contribution in [-0.4, -0.2) is 15.9 Å². The first-order valence-electron chi connectivity index (χ1n) is 5.11. The summed E-state index contributed by atoms with van der Waals surface area (Å²) in [6.07, 6.45) is 2.60. The third kappa shape index (κ3) is 2.81. The maximum Gasteiger partial charge on any atom is 0.258 e. The molecule has 0 aliphatic carbocycles. The monoisotopic (exact) mass is 265 g/mol. The third-order valence-electron chi connectivity index (χ3n) is 2.31. The Kier molecular flexibility index (Phi) is 3.53. The van der Waals surface area contributed by atoms with Crippen molar-refractivity contribution in [3.05, 3.63) is 52.8 Å². The van der Waals surface area contributed by atoms with E-state index in [1.807, 2.05) is 0 Å². The molecule has 1 aromatic carbocycles. The van der Waals surface area contributed by atoms with Gasteiger partial charge in [0.15, 0.2) is 0 Å².